The minimum Gasteiger partial charge on any atom is -0.504 e. The molecule has 0 saturated heterocycles. The maximum absolute atomic E-state index is 12.2. The Labute approximate surface area is 127 Å². The number of hydrogen-bond acceptors (Lipinski definition) is 8. The maximum atomic E-state index is 12.2. The van der Waals surface area contributed by atoms with Crippen LogP contribution in [-0.2, 0) is 0 Å². The van der Waals surface area contributed by atoms with Gasteiger partial charge in [-0.1, -0.05) is 0 Å². The molecule has 8 heteroatoms. The maximum Gasteiger partial charge on any atom is 0.235 e. The summed E-state index contributed by atoms with van der Waals surface area (Å²) < 4.78 is 5.26. The summed E-state index contributed by atoms with van der Waals surface area (Å²) >= 11 is 0. The van der Waals surface area contributed by atoms with E-state index in [0.717, 1.165) is 18.2 Å². The molecule has 0 radical (unpaired) electrons. The van der Waals surface area contributed by atoms with Gasteiger partial charge in [-0.2, -0.15) is 0 Å². The van der Waals surface area contributed by atoms with Crippen LogP contribution in [-0.4, -0.2) is 30.6 Å². The summed E-state index contributed by atoms with van der Waals surface area (Å²) in [7, 11) is 0. The molecule has 0 aliphatic carbocycles. The van der Waals surface area contributed by atoms with E-state index in [2.05, 4.69) is 0 Å². The molecule has 0 aliphatic rings. The molecule has 8 nitrogen and oxygen atoms in total. The van der Waals surface area contributed by atoms with Crippen LogP contribution in [0, 0.1) is 0 Å². The monoisotopic (exact) mass is 318 g/mol. The molecule has 1 aromatic heterocycles. The van der Waals surface area contributed by atoms with E-state index in [1.807, 2.05) is 0 Å². The van der Waals surface area contributed by atoms with Gasteiger partial charge in [-0.05, 0) is 24.3 Å². The molecule has 2 aromatic carbocycles. The van der Waals surface area contributed by atoms with E-state index in [9.17, 15) is 35.4 Å². The van der Waals surface area contributed by atoms with Crippen molar-refractivity contribution >= 4 is 11.0 Å². The van der Waals surface area contributed by atoms with Crippen LogP contribution < -0.4 is 5.43 Å². The summed E-state index contributed by atoms with van der Waals surface area (Å²) in [5.41, 5.74) is -1.37. The highest BCUT2D eigenvalue weighted by Gasteiger charge is 2.22. The van der Waals surface area contributed by atoms with Crippen molar-refractivity contribution in [1.82, 2.24) is 0 Å². The molecular weight excluding hydrogens is 308 g/mol. The van der Waals surface area contributed by atoms with Crippen molar-refractivity contribution in [1.29, 1.82) is 0 Å². The van der Waals surface area contributed by atoms with Crippen LogP contribution in [0.15, 0.2) is 33.5 Å². The summed E-state index contributed by atoms with van der Waals surface area (Å²) in [5, 5.41) is 57.2. The van der Waals surface area contributed by atoms with Crippen LogP contribution in [0.3, 0.4) is 0 Å². The van der Waals surface area contributed by atoms with Gasteiger partial charge in [0.2, 0.25) is 22.7 Å². The number of phenols is 5. The second-order valence-corrected chi connectivity index (χ2v) is 4.78. The molecule has 0 atom stereocenters. The molecule has 0 spiro atoms. The Hall–Kier alpha value is -3.55. The summed E-state index contributed by atoms with van der Waals surface area (Å²) in [5.74, 6) is -4.65. The number of hydrogen-bond donors (Lipinski definition) is 6. The van der Waals surface area contributed by atoms with Crippen molar-refractivity contribution in [3.63, 3.8) is 0 Å². The topological polar surface area (TPSA) is 152 Å². The van der Waals surface area contributed by atoms with E-state index in [0.29, 0.717) is 0 Å². The van der Waals surface area contributed by atoms with Crippen molar-refractivity contribution in [2.45, 2.75) is 0 Å². The molecule has 118 valence electrons. The van der Waals surface area contributed by atoms with E-state index < -0.39 is 51.3 Å². The lowest BCUT2D eigenvalue weighted by atomic mass is 10.1. The first kappa shape index (κ1) is 14.4. The third-order valence-corrected chi connectivity index (χ3v) is 3.32. The lowest BCUT2D eigenvalue weighted by molar-refractivity contribution is 0.365. The average Bonchev–Trinajstić information content (AvgIpc) is 2.52. The van der Waals surface area contributed by atoms with Gasteiger partial charge in [0.15, 0.2) is 28.6 Å². The smallest absolute Gasteiger partial charge is 0.235 e. The van der Waals surface area contributed by atoms with Gasteiger partial charge in [-0.3, -0.25) is 4.79 Å². The Bertz CT molecular complexity index is 1000. The zero-order valence-electron chi connectivity index (χ0n) is 11.3. The first-order valence-electron chi connectivity index (χ1n) is 6.27. The summed E-state index contributed by atoms with van der Waals surface area (Å²) in [6.07, 6.45) is 0. The van der Waals surface area contributed by atoms with E-state index in [1.165, 1.54) is 6.07 Å². The normalized spacial score (nSPS) is 11.0. The lowest BCUT2D eigenvalue weighted by Crippen LogP contribution is -2.02. The van der Waals surface area contributed by atoms with Crippen LogP contribution >= 0.6 is 0 Å². The Morgan fingerprint density at radius 2 is 1.43 bits per heavy atom. The highest BCUT2D eigenvalue weighted by atomic mass is 16.4. The molecular formula is C15H10O8. The Kier molecular flexibility index (Phi) is 2.96. The number of aromatic hydroxyl groups is 6. The highest BCUT2D eigenvalue weighted by Crippen LogP contribution is 2.43. The van der Waals surface area contributed by atoms with Crippen molar-refractivity contribution in [2.75, 3.05) is 0 Å². The van der Waals surface area contributed by atoms with Crippen molar-refractivity contribution in [2.24, 2.45) is 0 Å². The third-order valence-electron chi connectivity index (χ3n) is 3.32. The van der Waals surface area contributed by atoms with Crippen LogP contribution in [0.2, 0.25) is 0 Å². The van der Waals surface area contributed by atoms with E-state index in [-0.39, 0.29) is 10.9 Å². The minimum absolute atomic E-state index is 0.0452. The van der Waals surface area contributed by atoms with Gasteiger partial charge in [-0.15, -0.1) is 0 Å². The Balaban J connectivity index is 2.41. The second-order valence-electron chi connectivity index (χ2n) is 4.78. The third kappa shape index (κ3) is 2.04. The average molecular weight is 318 g/mol. The molecule has 0 aliphatic heterocycles. The second kappa shape index (κ2) is 4.73. The minimum atomic E-state index is -0.959. The molecule has 23 heavy (non-hydrogen) atoms. The van der Waals surface area contributed by atoms with E-state index >= 15 is 0 Å². The van der Waals surface area contributed by atoms with Gasteiger partial charge in [0.05, 0.1) is 5.39 Å². The van der Waals surface area contributed by atoms with Crippen LogP contribution in [0.4, 0.5) is 0 Å². The van der Waals surface area contributed by atoms with E-state index in [4.69, 9.17) is 4.42 Å². The Morgan fingerprint density at radius 1 is 0.739 bits per heavy atom. The first-order valence-corrected chi connectivity index (χ1v) is 6.27. The largest absolute Gasteiger partial charge is 0.504 e. The first-order chi connectivity index (χ1) is 10.8. The van der Waals surface area contributed by atoms with E-state index in [1.54, 1.807) is 0 Å². The number of fused-ring (bicyclic) bond motifs is 1. The fraction of sp³-hybridized carbons (Fsp3) is 0. The van der Waals surface area contributed by atoms with Gasteiger partial charge in [0.25, 0.3) is 0 Å². The van der Waals surface area contributed by atoms with Gasteiger partial charge >= 0.3 is 0 Å². The quantitative estimate of drug-likeness (QED) is 0.371. The molecule has 1 heterocycles. The van der Waals surface area contributed by atoms with Gasteiger partial charge < -0.3 is 35.1 Å². The van der Waals surface area contributed by atoms with Gasteiger partial charge in [-0.25, -0.2) is 0 Å². The molecule has 0 amide bonds. The summed E-state index contributed by atoms with van der Waals surface area (Å²) in [6.45, 7) is 0. The van der Waals surface area contributed by atoms with Gasteiger partial charge in [0, 0.05) is 5.56 Å². The Morgan fingerprint density at radius 3 is 2.09 bits per heavy atom. The van der Waals surface area contributed by atoms with Crippen LogP contribution in [0.25, 0.3) is 22.3 Å². The zero-order valence-corrected chi connectivity index (χ0v) is 11.3. The lowest BCUT2D eigenvalue weighted by Gasteiger charge is -2.09. The summed E-state index contributed by atoms with van der Waals surface area (Å²) in [6, 6.07) is 4.25. The molecule has 0 saturated carbocycles. The zero-order chi connectivity index (χ0) is 16.9. The fourth-order valence-electron chi connectivity index (χ4n) is 2.14. The molecule has 0 bridgehead atoms. The predicted molar refractivity (Wildman–Crippen MR) is 77.9 cm³/mol. The number of benzene rings is 2. The van der Waals surface area contributed by atoms with Crippen molar-refractivity contribution in [3.05, 3.63) is 34.5 Å². The molecule has 3 aromatic rings. The molecule has 0 unspecified atom stereocenters. The number of phenolic OH excluding ortho intramolecular Hbond substituents is 5. The van der Waals surface area contributed by atoms with Crippen molar-refractivity contribution in [3.8, 4) is 45.8 Å². The fourth-order valence-corrected chi connectivity index (χ4v) is 2.14. The van der Waals surface area contributed by atoms with Gasteiger partial charge in [0.1, 0.15) is 0 Å². The van der Waals surface area contributed by atoms with Crippen molar-refractivity contribution < 1.29 is 35.1 Å². The molecule has 6 N–H and O–H groups in total. The SMILES string of the molecule is O=c1c(O)c(-c2ccc(O)c(O)c2)oc2c(O)c(O)c(O)cc12. The highest BCUT2D eigenvalue weighted by molar-refractivity contribution is 5.90. The van der Waals surface area contributed by atoms with Crippen LogP contribution in [0.1, 0.15) is 0 Å². The summed E-state index contributed by atoms with van der Waals surface area (Å²) in [4.78, 5) is 12.2. The predicted octanol–water partition coefficient (Wildman–Crippen LogP) is 1.69. The standard InChI is InChI=1S/C15H10O8/c16-7-2-1-5(3-8(7)17)14-12(21)10(19)6-4-9(18)11(20)13(22)15(6)23-14/h1-4,16-18,20-22H. The molecule has 0 fully saturated rings. The molecule has 3 rings (SSSR count). The van der Waals surface area contributed by atoms with Crippen LogP contribution in [0.5, 0.6) is 34.5 Å². The number of rotatable bonds is 1.